The van der Waals surface area contributed by atoms with Gasteiger partial charge in [-0.25, -0.2) is 0 Å². The van der Waals surface area contributed by atoms with Crippen molar-refractivity contribution in [2.24, 2.45) is 4.99 Å². The van der Waals surface area contributed by atoms with Gasteiger partial charge < -0.3 is 15.5 Å². The highest BCUT2D eigenvalue weighted by Crippen LogP contribution is 2.28. The highest BCUT2D eigenvalue weighted by atomic mass is 32.2. The number of para-hydroxylation sites is 1. The molecule has 2 aliphatic rings. The third kappa shape index (κ3) is 4.48. The van der Waals surface area contributed by atoms with E-state index in [1.807, 2.05) is 34.9 Å². The molecule has 1 aliphatic heterocycles. The van der Waals surface area contributed by atoms with Gasteiger partial charge in [-0.3, -0.25) is 9.79 Å². The molecule has 1 fully saturated rings. The van der Waals surface area contributed by atoms with E-state index in [-0.39, 0.29) is 12.5 Å². The minimum Gasteiger partial charge on any atom is -0.354 e. The molecule has 0 bridgehead atoms. The number of hydrogen-bond donors (Lipinski definition) is 2. The fraction of sp³-hybridized carbons (Fsp3) is 0.579. The number of rotatable bonds is 4. The summed E-state index contributed by atoms with van der Waals surface area (Å²) in [4.78, 5) is 18.9. The first kappa shape index (κ1) is 18.1. The number of guanidine groups is 1. The van der Waals surface area contributed by atoms with Gasteiger partial charge in [0.2, 0.25) is 5.91 Å². The lowest BCUT2D eigenvalue weighted by Crippen LogP contribution is -2.48. The monoisotopic (exact) mass is 360 g/mol. The van der Waals surface area contributed by atoms with Crippen LogP contribution in [-0.4, -0.2) is 49.6 Å². The van der Waals surface area contributed by atoms with E-state index >= 15 is 0 Å². The molecule has 1 heterocycles. The van der Waals surface area contributed by atoms with Crippen LogP contribution in [0.1, 0.15) is 31.2 Å². The number of carbonyl (C=O) groups is 1. The largest absolute Gasteiger partial charge is 0.354 e. The summed E-state index contributed by atoms with van der Waals surface area (Å²) in [5.74, 6) is 0.828. The number of nitrogens with one attached hydrogen (secondary N) is 2. The van der Waals surface area contributed by atoms with Crippen LogP contribution in [0.4, 0.5) is 5.69 Å². The van der Waals surface area contributed by atoms with Crippen LogP contribution in [0.5, 0.6) is 0 Å². The topological polar surface area (TPSA) is 56.7 Å². The van der Waals surface area contributed by atoms with Gasteiger partial charge in [0.05, 0.1) is 6.54 Å². The normalized spacial score (nSPS) is 23.3. The van der Waals surface area contributed by atoms with E-state index in [0.29, 0.717) is 6.04 Å². The number of anilines is 1. The Morgan fingerprint density at radius 3 is 2.96 bits per heavy atom. The predicted octanol–water partition coefficient (Wildman–Crippen LogP) is 2.41. The second-order valence-electron chi connectivity index (χ2n) is 6.72. The summed E-state index contributed by atoms with van der Waals surface area (Å²) in [6, 6.07) is 8.65. The lowest BCUT2D eigenvalue weighted by atomic mass is 10.0. The Morgan fingerprint density at radius 1 is 1.36 bits per heavy atom. The molecule has 0 radical (unpaired) electrons. The predicted molar refractivity (Wildman–Crippen MR) is 107 cm³/mol. The number of aliphatic imine (C=N–C) groups is 1. The van der Waals surface area contributed by atoms with Gasteiger partial charge in [-0.15, -0.1) is 0 Å². The van der Waals surface area contributed by atoms with Gasteiger partial charge in [0.15, 0.2) is 5.96 Å². The second-order valence-corrected chi connectivity index (χ2v) is 7.85. The quantitative estimate of drug-likeness (QED) is 0.640. The van der Waals surface area contributed by atoms with E-state index in [9.17, 15) is 4.79 Å². The highest BCUT2D eigenvalue weighted by molar-refractivity contribution is 7.99. The zero-order valence-corrected chi connectivity index (χ0v) is 15.9. The zero-order valence-electron chi connectivity index (χ0n) is 15.1. The number of hydrogen-bond acceptors (Lipinski definition) is 3. The first-order valence-corrected chi connectivity index (χ1v) is 10.4. The van der Waals surface area contributed by atoms with Crippen molar-refractivity contribution in [1.29, 1.82) is 0 Å². The SMILES string of the molecule is CN=C(NCC(=O)N1CCCc2ccccc21)NC1CCC(SC)C1. The minimum absolute atomic E-state index is 0.100. The lowest BCUT2D eigenvalue weighted by molar-refractivity contribution is -0.117. The second kappa shape index (κ2) is 8.61. The number of thioether (sulfide) groups is 1. The molecule has 1 aromatic carbocycles. The van der Waals surface area contributed by atoms with Crippen molar-refractivity contribution in [3.63, 3.8) is 0 Å². The van der Waals surface area contributed by atoms with Crippen molar-refractivity contribution in [3.05, 3.63) is 29.8 Å². The molecule has 136 valence electrons. The fourth-order valence-electron chi connectivity index (χ4n) is 3.72. The summed E-state index contributed by atoms with van der Waals surface area (Å²) in [5.41, 5.74) is 2.32. The van der Waals surface area contributed by atoms with Crippen LogP contribution in [0.15, 0.2) is 29.3 Å². The Kier molecular flexibility index (Phi) is 6.24. The molecule has 1 saturated carbocycles. The molecule has 2 unspecified atom stereocenters. The Morgan fingerprint density at radius 2 is 2.20 bits per heavy atom. The number of amides is 1. The molecule has 0 saturated heterocycles. The molecule has 2 atom stereocenters. The molecule has 1 aromatic rings. The summed E-state index contributed by atoms with van der Waals surface area (Å²) >= 11 is 1.94. The fourth-order valence-corrected chi connectivity index (χ4v) is 4.52. The Bertz CT molecular complexity index is 634. The Hall–Kier alpha value is -1.69. The molecule has 6 heteroatoms. The van der Waals surface area contributed by atoms with Crippen LogP contribution < -0.4 is 15.5 Å². The van der Waals surface area contributed by atoms with E-state index in [2.05, 4.69) is 27.9 Å². The average molecular weight is 361 g/mol. The maximum atomic E-state index is 12.7. The van der Waals surface area contributed by atoms with Crippen LogP contribution in [0.25, 0.3) is 0 Å². The third-order valence-electron chi connectivity index (χ3n) is 5.10. The van der Waals surface area contributed by atoms with Crippen molar-refractivity contribution in [1.82, 2.24) is 10.6 Å². The molecule has 5 nitrogen and oxygen atoms in total. The number of fused-ring (bicyclic) bond motifs is 1. The highest BCUT2D eigenvalue weighted by Gasteiger charge is 2.25. The maximum absolute atomic E-state index is 12.7. The first-order valence-electron chi connectivity index (χ1n) is 9.09. The van der Waals surface area contributed by atoms with Crippen LogP contribution in [0, 0.1) is 0 Å². The van der Waals surface area contributed by atoms with Crippen LogP contribution in [0.3, 0.4) is 0 Å². The van der Waals surface area contributed by atoms with Gasteiger partial charge in [-0.05, 0) is 50.0 Å². The van der Waals surface area contributed by atoms with Crippen LogP contribution in [-0.2, 0) is 11.2 Å². The summed E-state index contributed by atoms with van der Waals surface area (Å²) in [5, 5.41) is 7.40. The molecule has 0 aromatic heterocycles. The summed E-state index contributed by atoms with van der Waals surface area (Å²) in [7, 11) is 1.76. The number of nitrogens with zero attached hydrogens (tertiary/aromatic N) is 2. The number of aryl methyl sites for hydroxylation is 1. The van der Waals surface area contributed by atoms with Crippen molar-refractivity contribution >= 4 is 29.3 Å². The molecule has 1 amide bonds. The molecular weight excluding hydrogens is 332 g/mol. The van der Waals surface area contributed by atoms with Crippen molar-refractivity contribution in [2.45, 2.75) is 43.4 Å². The molecule has 2 N–H and O–H groups in total. The van der Waals surface area contributed by atoms with Gasteiger partial charge in [0.1, 0.15) is 0 Å². The van der Waals surface area contributed by atoms with Gasteiger partial charge >= 0.3 is 0 Å². The standard InChI is InChI=1S/C19H28N4OS/c1-20-19(22-15-9-10-16(12-15)25-2)21-13-18(24)23-11-5-7-14-6-3-4-8-17(14)23/h3-4,6,8,15-16H,5,7,9-13H2,1-2H3,(H2,20,21,22). The molecule has 1 aliphatic carbocycles. The summed E-state index contributed by atoms with van der Waals surface area (Å²) in [6.07, 6.45) is 7.83. The molecule has 3 rings (SSSR count). The van der Waals surface area contributed by atoms with E-state index in [4.69, 9.17) is 0 Å². The molecule has 25 heavy (non-hydrogen) atoms. The smallest absolute Gasteiger partial charge is 0.246 e. The lowest BCUT2D eigenvalue weighted by Gasteiger charge is -2.29. The Labute approximate surface area is 154 Å². The van der Waals surface area contributed by atoms with Gasteiger partial charge in [0.25, 0.3) is 0 Å². The van der Waals surface area contributed by atoms with Crippen LogP contribution >= 0.6 is 11.8 Å². The number of carbonyl (C=O) groups excluding carboxylic acids is 1. The zero-order chi connectivity index (χ0) is 17.6. The van der Waals surface area contributed by atoms with E-state index in [1.54, 1.807) is 7.05 Å². The minimum atomic E-state index is 0.100. The molecular formula is C19H28N4OS. The molecule has 0 spiro atoms. The number of benzene rings is 1. The van der Waals surface area contributed by atoms with Gasteiger partial charge in [-0.1, -0.05) is 18.2 Å². The summed E-state index contributed by atoms with van der Waals surface area (Å²) < 4.78 is 0. The average Bonchev–Trinajstić information content (AvgIpc) is 3.12. The first-order chi connectivity index (χ1) is 12.2. The van der Waals surface area contributed by atoms with Crippen molar-refractivity contribution in [3.8, 4) is 0 Å². The van der Waals surface area contributed by atoms with E-state index in [1.165, 1.54) is 18.4 Å². The summed E-state index contributed by atoms with van der Waals surface area (Å²) in [6.45, 7) is 1.06. The van der Waals surface area contributed by atoms with Gasteiger partial charge in [-0.2, -0.15) is 11.8 Å². The Balaban J connectivity index is 1.53. The van der Waals surface area contributed by atoms with Crippen molar-refractivity contribution < 1.29 is 4.79 Å². The van der Waals surface area contributed by atoms with Gasteiger partial charge in [0, 0.05) is 30.6 Å². The van der Waals surface area contributed by atoms with E-state index < -0.39 is 0 Å². The maximum Gasteiger partial charge on any atom is 0.246 e. The van der Waals surface area contributed by atoms with E-state index in [0.717, 1.165) is 42.7 Å². The van der Waals surface area contributed by atoms with Crippen LogP contribution in [0.2, 0.25) is 0 Å². The third-order valence-corrected chi connectivity index (χ3v) is 6.20. The van der Waals surface area contributed by atoms with Crippen molar-refractivity contribution in [2.75, 3.05) is 31.3 Å².